The van der Waals surface area contributed by atoms with E-state index in [1.54, 1.807) is 6.07 Å². The van der Waals surface area contributed by atoms with Crippen LogP contribution < -0.4 is 10.6 Å². The maximum absolute atomic E-state index is 13.3. The van der Waals surface area contributed by atoms with Crippen molar-refractivity contribution in [1.82, 2.24) is 0 Å². The fraction of sp³-hybridized carbons (Fsp3) is 0.500. The molecule has 1 aliphatic rings. The topological polar surface area (TPSA) is 73.3 Å². The monoisotopic (exact) mass is 265 g/mol. The second-order valence-corrected chi connectivity index (χ2v) is 4.93. The van der Waals surface area contributed by atoms with Crippen LogP contribution in [-0.4, -0.2) is 30.1 Å². The van der Waals surface area contributed by atoms with Crippen molar-refractivity contribution in [2.75, 3.05) is 18.1 Å². The van der Waals surface area contributed by atoms with Crippen molar-refractivity contribution in [3.63, 3.8) is 0 Å². The SMILES string of the molecule is N=C(N)c1cc(F)ccc1N(CCO)C1CCCC1. The Morgan fingerprint density at radius 1 is 1.42 bits per heavy atom. The van der Waals surface area contributed by atoms with Crippen molar-refractivity contribution in [3.05, 3.63) is 29.6 Å². The Kier molecular flexibility index (Phi) is 4.37. The van der Waals surface area contributed by atoms with E-state index >= 15 is 0 Å². The van der Waals surface area contributed by atoms with Crippen LogP contribution in [0.15, 0.2) is 18.2 Å². The van der Waals surface area contributed by atoms with Crippen LogP contribution in [0.4, 0.5) is 10.1 Å². The molecule has 0 radical (unpaired) electrons. The maximum atomic E-state index is 13.3. The molecule has 0 aliphatic heterocycles. The van der Waals surface area contributed by atoms with Crippen LogP contribution in [0.2, 0.25) is 0 Å². The zero-order valence-electron chi connectivity index (χ0n) is 10.9. The fourth-order valence-electron chi connectivity index (χ4n) is 2.80. The average molecular weight is 265 g/mol. The molecule has 1 aromatic rings. The highest BCUT2D eigenvalue weighted by Crippen LogP contribution is 2.30. The van der Waals surface area contributed by atoms with Gasteiger partial charge in [0.1, 0.15) is 11.7 Å². The van der Waals surface area contributed by atoms with Gasteiger partial charge < -0.3 is 15.7 Å². The van der Waals surface area contributed by atoms with Crippen molar-refractivity contribution in [2.45, 2.75) is 31.7 Å². The summed E-state index contributed by atoms with van der Waals surface area (Å²) in [6.07, 6.45) is 4.47. The summed E-state index contributed by atoms with van der Waals surface area (Å²) in [6.45, 7) is 0.516. The largest absolute Gasteiger partial charge is 0.395 e. The highest BCUT2D eigenvalue weighted by Gasteiger charge is 2.24. The number of nitrogens with one attached hydrogen (secondary N) is 1. The van der Waals surface area contributed by atoms with Crippen molar-refractivity contribution in [3.8, 4) is 0 Å². The molecule has 19 heavy (non-hydrogen) atoms. The number of rotatable bonds is 5. The standard InChI is InChI=1S/C14H20FN3O/c15-10-5-6-13(12(9-10)14(16)17)18(7-8-19)11-3-1-2-4-11/h5-6,9,11,19H,1-4,7-8H2,(H3,16,17). The highest BCUT2D eigenvalue weighted by atomic mass is 19.1. The fourth-order valence-corrected chi connectivity index (χ4v) is 2.80. The molecule has 1 aromatic carbocycles. The molecule has 0 spiro atoms. The number of aliphatic hydroxyl groups is 1. The summed E-state index contributed by atoms with van der Waals surface area (Å²) in [5, 5.41) is 16.8. The van der Waals surface area contributed by atoms with Gasteiger partial charge in [0.15, 0.2) is 0 Å². The number of hydrogen-bond acceptors (Lipinski definition) is 3. The van der Waals surface area contributed by atoms with E-state index in [0.29, 0.717) is 18.2 Å². The van der Waals surface area contributed by atoms with Gasteiger partial charge in [0.2, 0.25) is 0 Å². The van der Waals surface area contributed by atoms with Crippen molar-refractivity contribution < 1.29 is 9.50 Å². The summed E-state index contributed by atoms with van der Waals surface area (Å²) in [7, 11) is 0. The van der Waals surface area contributed by atoms with E-state index in [4.69, 9.17) is 11.1 Å². The van der Waals surface area contributed by atoms with E-state index in [1.807, 2.05) is 0 Å². The molecule has 5 heteroatoms. The molecule has 1 aliphatic carbocycles. The van der Waals surface area contributed by atoms with E-state index in [-0.39, 0.29) is 12.4 Å². The third kappa shape index (κ3) is 3.04. The number of benzene rings is 1. The van der Waals surface area contributed by atoms with E-state index in [2.05, 4.69) is 4.90 Å². The number of hydrogen-bond donors (Lipinski definition) is 3. The van der Waals surface area contributed by atoms with E-state index in [9.17, 15) is 9.50 Å². The Bertz CT molecular complexity index is 458. The molecule has 4 N–H and O–H groups in total. The minimum Gasteiger partial charge on any atom is -0.395 e. The van der Waals surface area contributed by atoms with Crippen molar-refractivity contribution in [1.29, 1.82) is 5.41 Å². The van der Waals surface area contributed by atoms with E-state index in [1.165, 1.54) is 25.0 Å². The lowest BCUT2D eigenvalue weighted by Gasteiger charge is -2.32. The second-order valence-electron chi connectivity index (χ2n) is 4.93. The van der Waals surface area contributed by atoms with Gasteiger partial charge >= 0.3 is 0 Å². The normalized spacial score (nSPS) is 15.7. The van der Waals surface area contributed by atoms with Crippen molar-refractivity contribution >= 4 is 11.5 Å². The summed E-state index contributed by atoms with van der Waals surface area (Å²) in [5.41, 5.74) is 6.69. The summed E-state index contributed by atoms with van der Waals surface area (Å²) in [5.74, 6) is -0.542. The van der Waals surface area contributed by atoms with Gasteiger partial charge in [-0.25, -0.2) is 4.39 Å². The molecule has 0 saturated heterocycles. The number of aliphatic hydroxyl groups excluding tert-OH is 1. The lowest BCUT2D eigenvalue weighted by atomic mass is 10.1. The van der Waals surface area contributed by atoms with Crippen molar-refractivity contribution in [2.24, 2.45) is 5.73 Å². The van der Waals surface area contributed by atoms with Gasteiger partial charge in [0.25, 0.3) is 0 Å². The minimum atomic E-state index is -0.399. The summed E-state index contributed by atoms with van der Waals surface area (Å²) in [4.78, 5) is 2.06. The second kappa shape index (κ2) is 6.02. The number of nitrogens with two attached hydrogens (primary N) is 1. The summed E-state index contributed by atoms with van der Waals surface area (Å²) >= 11 is 0. The van der Waals surface area contributed by atoms with Gasteiger partial charge in [-0.05, 0) is 31.0 Å². The van der Waals surface area contributed by atoms with E-state index < -0.39 is 5.82 Å². The molecule has 1 fully saturated rings. The van der Waals surface area contributed by atoms with Crippen LogP contribution in [0.5, 0.6) is 0 Å². The van der Waals surface area contributed by atoms with Gasteiger partial charge in [-0.2, -0.15) is 0 Å². The Hall–Kier alpha value is -1.62. The Balaban J connectivity index is 2.37. The number of anilines is 1. The lowest BCUT2D eigenvalue weighted by Crippen LogP contribution is -2.37. The number of halogens is 1. The molecule has 0 unspecified atom stereocenters. The smallest absolute Gasteiger partial charge is 0.125 e. The molecular formula is C14H20FN3O. The minimum absolute atomic E-state index is 0.0330. The zero-order valence-corrected chi connectivity index (χ0v) is 10.9. The van der Waals surface area contributed by atoms with Crippen LogP contribution in [-0.2, 0) is 0 Å². The summed E-state index contributed by atoms with van der Waals surface area (Å²) in [6, 6.07) is 4.66. The van der Waals surface area contributed by atoms with Crippen LogP contribution in [0, 0.1) is 11.2 Å². The molecule has 104 valence electrons. The third-order valence-corrected chi connectivity index (χ3v) is 3.66. The average Bonchev–Trinajstić information content (AvgIpc) is 2.90. The number of nitrogens with zero attached hydrogens (tertiary/aromatic N) is 1. The first-order chi connectivity index (χ1) is 9.13. The molecule has 4 nitrogen and oxygen atoms in total. The molecule has 0 bridgehead atoms. The Labute approximate surface area is 112 Å². The van der Waals surface area contributed by atoms with Crippen LogP contribution in [0.1, 0.15) is 31.2 Å². The van der Waals surface area contributed by atoms with Gasteiger partial charge in [-0.3, -0.25) is 5.41 Å². The highest BCUT2D eigenvalue weighted by molar-refractivity contribution is 6.00. The van der Waals surface area contributed by atoms with Gasteiger partial charge in [-0.15, -0.1) is 0 Å². The lowest BCUT2D eigenvalue weighted by molar-refractivity contribution is 0.297. The van der Waals surface area contributed by atoms with Crippen LogP contribution in [0.25, 0.3) is 0 Å². The van der Waals surface area contributed by atoms with Gasteiger partial charge in [0, 0.05) is 23.8 Å². The molecular weight excluding hydrogens is 245 g/mol. The Morgan fingerprint density at radius 3 is 2.68 bits per heavy atom. The zero-order chi connectivity index (χ0) is 13.8. The van der Waals surface area contributed by atoms with E-state index in [0.717, 1.165) is 18.5 Å². The predicted octanol–water partition coefficient (Wildman–Crippen LogP) is 1.85. The maximum Gasteiger partial charge on any atom is 0.125 e. The Morgan fingerprint density at radius 2 is 2.11 bits per heavy atom. The first-order valence-corrected chi connectivity index (χ1v) is 6.65. The van der Waals surface area contributed by atoms with Gasteiger partial charge in [-0.1, -0.05) is 12.8 Å². The number of amidine groups is 1. The summed E-state index contributed by atoms with van der Waals surface area (Å²) < 4.78 is 13.3. The van der Waals surface area contributed by atoms with Crippen LogP contribution in [0.3, 0.4) is 0 Å². The van der Waals surface area contributed by atoms with Crippen LogP contribution >= 0.6 is 0 Å². The molecule has 2 rings (SSSR count). The molecule has 1 saturated carbocycles. The first kappa shape index (κ1) is 13.8. The van der Waals surface area contributed by atoms with Gasteiger partial charge in [0.05, 0.1) is 6.61 Å². The number of nitrogen functional groups attached to an aromatic ring is 1. The first-order valence-electron chi connectivity index (χ1n) is 6.65. The third-order valence-electron chi connectivity index (χ3n) is 3.66. The molecule has 0 atom stereocenters. The predicted molar refractivity (Wildman–Crippen MR) is 74.1 cm³/mol. The molecule has 0 aromatic heterocycles. The quantitative estimate of drug-likeness (QED) is 0.562. The molecule has 0 amide bonds. The molecule has 0 heterocycles.